The Morgan fingerprint density at radius 2 is 2.09 bits per heavy atom. The number of hydrogen-bond acceptors (Lipinski definition) is 3. The van der Waals surface area contributed by atoms with Crippen molar-refractivity contribution in [1.29, 1.82) is 0 Å². The standard InChI is InChI=1S/C18H29N3OS/c1-18(11-8-14-23-18)15-21-17(19-2)20-12-6-7-13-22-16-9-4-3-5-10-16/h3-5,9-10H,6-8,11-15H2,1-2H3,(H2,19,20,21). The Balaban J connectivity index is 1.53. The molecule has 128 valence electrons. The number of hydrogen-bond donors (Lipinski definition) is 2. The molecular weight excluding hydrogens is 306 g/mol. The van der Waals surface area contributed by atoms with Crippen LogP contribution in [0.5, 0.6) is 5.75 Å². The summed E-state index contributed by atoms with van der Waals surface area (Å²) in [7, 11) is 1.83. The fourth-order valence-electron chi connectivity index (χ4n) is 2.61. The average Bonchev–Trinajstić information content (AvgIpc) is 3.01. The van der Waals surface area contributed by atoms with Gasteiger partial charge in [0.25, 0.3) is 0 Å². The highest BCUT2D eigenvalue weighted by molar-refractivity contribution is 8.00. The van der Waals surface area contributed by atoms with Crippen molar-refractivity contribution in [2.75, 3.05) is 32.5 Å². The van der Waals surface area contributed by atoms with Gasteiger partial charge in [-0.2, -0.15) is 11.8 Å². The molecular formula is C18H29N3OS. The molecule has 5 heteroatoms. The van der Waals surface area contributed by atoms with Gasteiger partial charge in [-0.3, -0.25) is 4.99 Å². The quantitative estimate of drug-likeness (QED) is 0.435. The van der Waals surface area contributed by atoms with Crippen molar-refractivity contribution in [2.24, 2.45) is 4.99 Å². The van der Waals surface area contributed by atoms with Crippen LogP contribution in [0.15, 0.2) is 35.3 Å². The SMILES string of the molecule is CN=C(NCCCCOc1ccccc1)NCC1(C)CCCS1. The second kappa shape index (κ2) is 9.71. The highest BCUT2D eigenvalue weighted by Crippen LogP contribution is 2.36. The Morgan fingerprint density at radius 3 is 2.78 bits per heavy atom. The molecule has 2 rings (SSSR count). The van der Waals surface area contributed by atoms with Crippen LogP contribution in [0.1, 0.15) is 32.6 Å². The lowest BCUT2D eigenvalue weighted by Crippen LogP contribution is -2.43. The zero-order chi connectivity index (χ0) is 16.4. The number of para-hydroxylation sites is 1. The first-order chi connectivity index (χ1) is 11.2. The maximum atomic E-state index is 5.69. The summed E-state index contributed by atoms with van der Waals surface area (Å²) in [6, 6.07) is 9.97. The number of benzene rings is 1. The van der Waals surface area contributed by atoms with E-state index in [1.807, 2.05) is 37.4 Å². The minimum atomic E-state index is 0.362. The highest BCUT2D eigenvalue weighted by atomic mass is 32.2. The number of nitrogens with one attached hydrogen (secondary N) is 2. The molecule has 1 aromatic carbocycles. The molecule has 1 saturated heterocycles. The zero-order valence-electron chi connectivity index (χ0n) is 14.3. The molecule has 0 aliphatic carbocycles. The van der Waals surface area contributed by atoms with Crippen molar-refractivity contribution >= 4 is 17.7 Å². The normalized spacial score (nSPS) is 21.2. The van der Waals surface area contributed by atoms with Gasteiger partial charge in [0.05, 0.1) is 6.61 Å². The van der Waals surface area contributed by atoms with Gasteiger partial charge >= 0.3 is 0 Å². The predicted molar refractivity (Wildman–Crippen MR) is 101 cm³/mol. The molecule has 1 unspecified atom stereocenters. The number of unbranched alkanes of at least 4 members (excludes halogenated alkanes) is 1. The van der Waals surface area contributed by atoms with E-state index in [2.05, 4.69) is 34.3 Å². The van der Waals surface area contributed by atoms with Crippen molar-refractivity contribution < 1.29 is 4.74 Å². The van der Waals surface area contributed by atoms with Gasteiger partial charge in [-0.1, -0.05) is 18.2 Å². The molecule has 1 atom stereocenters. The minimum Gasteiger partial charge on any atom is -0.494 e. The molecule has 4 nitrogen and oxygen atoms in total. The van der Waals surface area contributed by atoms with Crippen molar-refractivity contribution in [1.82, 2.24) is 10.6 Å². The van der Waals surface area contributed by atoms with E-state index < -0.39 is 0 Å². The fourth-order valence-corrected chi connectivity index (χ4v) is 3.85. The average molecular weight is 336 g/mol. The van der Waals surface area contributed by atoms with Gasteiger partial charge in [0.15, 0.2) is 5.96 Å². The smallest absolute Gasteiger partial charge is 0.191 e. The summed E-state index contributed by atoms with van der Waals surface area (Å²) in [5.41, 5.74) is 0. The Labute approximate surface area is 144 Å². The molecule has 0 saturated carbocycles. The van der Waals surface area contributed by atoms with E-state index in [0.29, 0.717) is 4.75 Å². The first-order valence-electron chi connectivity index (χ1n) is 8.48. The lowest BCUT2D eigenvalue weighted by molar-refractivity contribution is 0.307. The topological polar surface area (TPSA) is 45.7 Å². The summed E-state index contributed by atoms with van der Waals surface area (Å²) < 4.78 is 6.05. The van der Waals surface area contributed by atoms with Gasteiger partial charge < -0.3 is 15.4 Å². The number of rotatable bonds is 8. The van der Waals surface area contributed by atoms with Crippen LogP contribution in [0.3, 0.4) is 0 Å². The second-order valence-electron chi connectivity index (χ2n) is 6.12. The van der Waals surface area contributed by atoms with Gasteiger partial charge in [0.2, 0.25) is 0 Å². The number of nitrogens with zero attached hydrogens (tertiary/aromatic N) is 1. The molecule has 1 aromatic rings. The summed E-state index contributed by atoms with van der Waals surface area (Å²) >= 11 is 2.07. The predicted octanol–water partition coefficient (Wildman–Crippen LogP) is 3.30. The van der Waals surface area contributed by atoms with Gasteiger partial charge in [-0.15, -0.1) is 0 Å². The molecule has 0 spiro atoms. The third-order valence-corrected chi connectivity index (χ3v) is 5.57. The molecule has 23 heavy (non-hydrogen) atoms. The van der Waals surface area contributed by atoms with Crippen molar-refractivity contribution in [3.8, 4) is 5.75 Å². The minimum absolute atomic E-state index is 0.362. The van der Waals surface area contributed by atoms with E-state index in [1.165, 1.54) is 18.6 Å². The van der Waals surface area contributed by atoms with E-state index in [9.17, 15) is 0 Å². The Hall–Kier alpha value is -1.36. The van der Waals surface area contributed by atoms with Crippen LogP contribution in [0.2, 0.25) is 0 Å². The van der Waals surface area contributed by atoms with Gasteiger partial charge in [0, 0.05) is 24.9 Å². The van der Waals surface area contributed by atoms with E-state index in [1.54, 1.807) is 0 Å². The first-order valence-corrected chi connectivity index (χ1v) is 9.47. The lowest BCUT2D eigenvalue weighted by atomic mass is 10.1. The van der Waals surface area contributed by atoms with Crippen LogP contribution in [0.4, 0.5) is 0 Å². The van der Waals surface area contributed by atoms with Crippen LogP contribution in [-0.2, 0) is 0 Å². The van der Waals surface area contributed by atoms with Crippen LogP contribution in [0.25, 0.3) is 0 Å². The van der Waals surface area contributed by atoms with Crippen LogP contribution < -0.4 is 15.4 Å². The fraction of sp³-hybridized carbons (Fsp3) is 0.611. The summed E-state index contributed by atoms with van der Waals surface area (Å²) in [6.07, 6.45) is 4.72. The third kappa shape index (κ3) is 6.73. The maximum absolute atomic E-state index is 5.69. The van der Waals surface area contributed by atoms with Gasteiger partial charge in [0.1, 0.15) is 5.75 Å². The molecule has 0 amide bonds. The number of thioether (sulfide) groups is 1. The lowest BCUT2D eigenvalue weighted by Gasteiger charge is -2.24. The number of ether oxygens (including phenoxy) is 1. The molecule has 0 aromatic heterocycles. The summed E-state index contributed by atoms with van der Waals surface area (Å²) in [5.74, 6) is 3.13. The second-order valence-corrected chi connectivity index (χ2v) is 7.81. The maximum Gasteiger partial charge on any atom is 0.191 e. The molecule has 0 bridgehead atoms. The van der Waals surface area contributed by atoms with Crippen molar-refractivity contribution in [2.45, 2.75) is 37.4 Å². The first kappa shape index (κ1) is 18.0. The Bertz CT molecular complexity index is 472. The highest BCUT2D eigenvalue weighted by Gasteiger charge is 2.29. The van der Waals surface area contributed by atoms with Crippen LogP contribution >= 0.6 is 11.8 Å². The molecule has 1 fully saturated rings. The summed E-state index contributed by atoms with van der Waals surface area (Å²) in [4.78, 5) is 4.30. The van der Waals surface area contributed by atoms with Crippen LogP contribution in [-0.4, -0.2) is 43.2 Å². The zero-order valence-corrected chi connectivity index (χ0v) is 15.1. The molecule has 1 aliphatic heterocycles. The monoisotopic (exact) mass is 335 g/mol. The Kier molecular flexibility index (Phi) is 7.59. The van der Waals surface area contributed by atoms with E-state index in [0.717, 1.165) is 44.2 Å². The molecule has 1 heterocycles. The third-order valence-electron chi connectivity index (χ3n) is 4.03. The number of aliphatic imine (C=N–C) groups is 1. The van der Waals surface area contributed by atoms with E-state index >= 15 is 0 Å². The van der Waals surface area contributed by atoms with Gasteiger partial charge in [-0.05, 0) is 50.5 Å². The van der Waals surface area contributed by atoms with E-state index in [4.69, 9.17) is 4.74 Å². The van der Waals surface area contributed by atoms with Crippen LogP contribution in [0, 0.1) is 0 Å². The number of guanidine groups is 1. The molecule has 0 radical (unpaired) electrons. The molecule has 2 N–H and O–H groups in total. The van der Waals surface area contributed by atoms with Crippen molar-refractivity contribution in [3.63, 3.8) is 0 Å². The van der Waals surface area contributed by atoms with Gasteiger partial charge in [-0.25, -0.2) is 0 Å². The van der Waals surface area contributed by atoms with E-state index in [-0.39, 0.29) is 0 Å². The summed E-state index contributed by atoms with van der Waals surface area (Å²) in [6.45, 7) is 4.99. The summed E-state index contributed by atoms with van der Waals surface area (Å²) in [5, 5.41) is 6.84. The largest absolute Gasteiger partial charge is 0.494 e. The Morgan fingerprint density at radius 1 is 1.26 bits per heavy atom. The van der Waals surface area contributed by atoms with Crippen molar-refractivity contribution in [3.05, 3.63) is 30.3 Å². The molecule has 1 aliphatic rings.